The number of nitrogens with one attached hydrogen (secondary N) is 1. The van der Waals surface area contributed by atoms with E-state index in [1.54, 1.807) is 0 Å². The van der Waals surface area contributed by atoms with Gasteiger partial charge < -0.3 is 10.1 Å². The summed E-state index contributed by atoms with van der Waals surface area (Å²) in [7, 11) is 0. The lowest BCUT2D eigenvalue weighted by Gasteiger charge is -2.09. The van der Waals surface area contributed by atoms with E-state index in [1.165, 1.54) is 16.8 Å². The van der Waals surface area contributed by atoms with Crippen LogP contribution in [0.4, 0.5) is 0 Å². The molecule has 0 aliphatic rings. The van der Waals surface area contributed by atoms with Crippen molar-refractivity contribution in [2.75, 3.05) is 0 Å². The fraction of sp³-hybridized carbons (Fsp3) is 0.190. The second-order valence-electron chi connectivity index (χ2n) is 6.03. The highest BCUT2D eigenvalue weighted by Crippen LogP contribution is 2.21. The summed E-state index contributed by atoms with van der Waals surface area (Å²) in [6.07, 6.45) is 0.770. The molecule has 27 heavy (non-hydrogen) atoms. The van der Waals surface area contributed by atoms with Gasteiger partial charge in [0.05, 0.1) is 0 Å². The normalized spacial score (nSPS) is 10.4. The lowest BCUT2D eigenvalue weighted by molar-refractivity contribution is 0.0943. The standard InChI is InChI=1S/C21H21N3O3/c1-2-13-24-20(25)12-11-19(23-24)21(26)22-15-16-7-6-10-18(14-16)27-17-8-4-3-5-9-17/h3-12,14H,2,13,15H2,1H3,(H,22,26). The summed E-state index contributed by atoms with van der Waals surface area (Å²) in [6.45, 7) is 2.77. The molecule has 1 amide bonds. The number of para-hydroxylation sites is 1. The number of benzene rings is 2. The third kappa shape index (κ3) is 5.04. The number of aryl methyl sites for hydroxylation is 1. The molecule has 0 radical (unpaired) electrons. The molecule has 138 valence electrons. The molecule has 0 atom stereocenters. The van der Waals surface area contributed by atoms with Gasteiger partial charge >= 0.3 is 0 Å². The van der Waals surface area contributed by atoms with Crippen molar-refractivity contribution in [1.29, 1.82) is 0 Å². The first-order chi connectivity index (χ1) is 13.2. The largest absolute Gasteiger partial charge is 0.457 e. The van der Waals surface area contributed by atoms with Crippen LogP contribution >= 0.6 is 0 Å². The predicted octanol–water partition coefficient (Wildman–Crippen LogP) is 3.38. The lowest BCUT2D eigenvalue weighted by atomic mass is 10.2. The molecular weight excluding hydrogens is 342 g/mol. The minimum Gasteiger partial charge on any atom is -0.457 e. The summed E-state index contributed by atoms with van der Waals surface area (Å²) in [5.74, 6) is 1.12. The van der Waals surface area contributed by atoms with Gasteiger partial charge in [-0.05, 0) is 42.3 Å². The Morgan fingerprint density at radius 2 is 1.81 bits per heavy atom. The average Bonchev–Trinajstić information content (AvgIpc) is 2.69. The molecule has 0 saturated carbocycles. The zero-order chi connectivity index (χ0) is 19.1. The van der Waals surface area contributed by atoms with Crippen molar-refractivity contribution in [1.82, 2.24) is 15.1 Å². The molecule has 0 fully saturated rings. The van der Waals surface area contributed by atoms with Crippen LogP contribution in [0.2, 0.25) is 0 Å². The Kier molecular flexibility index (Phi) is 5.99. The van der Waals surface area contributed by atoms with Crippen molar-refractivity contribution in [2.45, 2.75) is 26.4 Å². The van der Waals surface area contributed by atoms with E-state index in [9.17, 15) is 9.59 Å². The second kappa shape index (κ2) is 8.80. The maximum absolute atomic E-state index is 12.3. The van der Waals surface area contributed by atoms with Gasteiger partial charge in [0, 0.05) is 19.2 Å². The van der Waals surface area contributed by atoms with Gasteiger partial charge in [-0.1, -0.05) is 37.3 Å². The number of carbonyl (C=O) groups is 1. The van der Waals surface area contributed by atoms with E-state index in [-0.39, 0.29) is 17.2 Å². The van der Waals surface area contributed by atoms with Crippen molar-refractivity contribution in [2.24, 2.45) is 0 Å². The van der Waals surface area contributed by atoms with E-state index < -0.39 is 0 Å². The average molecular weight is 363 g/mol. The number of hydrogen-bond donors (Lipinski definition) is 1. The molecule has 1 N–H and O–H groups in total. The summed E-state index contributed by atoms with van der Waals surface area (Å²) in [5, 5.41) is 6.94. The monoisotopic (exact) mass is 363 g/mol. The second-order valence-corrected chi connectivity index (χ2v) is 6.03. The van der Waals surface area contributed by atoms with Crippen LogP contribution in [-0.4, -0.2) is 15.7 Å². The molecule has 2 aromatic carbocycles. The molecule has 1 heterocycles. The van der Waals surface area contributed by atoms with Crippen LogP contribution in [0.1, 0.15) is 29.4 Å². The van der Waals surface area contributed by atoms with E-state index in [0.29, 0.717) is 18.8 Å². The third-order valence-electron chi connectivity index (χ3n) is 3.87. The van der Waals surface area contributed by atoms with Crippen molar-refractivity contribution in [3.63, 3.8) is 0 Å². The fourth-order valence-electron chi connectivity index (χ4n) is 2.56. The van der Waals surface area contributed by atoms with Crippen molar-refractivity contribution in [3.8, 4) is 11.5 Å². The Morgan fingerprint density at radius 1 is 1.04 bits per heavy atom. The Bertz CT molecular complexity index is 968. The van der Waals surface area contributed by atoms with Crippen LogP contribution in [0.3, 0.4) is 0 Å². The topological polar surface area (TPSA) is 73.2 Å². The van der Waals surface area contributed by atoms with E-state index in [1.807, 2.05) is 61.5 Å². The van der Waals surface area contributed by atoms with Crippen LogP contribution in [0.5, 0.6) is 11.5 Å². The summed E-state index contributed by atoms with van der Waals surface area (Å²) in [5.41, 5.74) is 0.914. The number of carbonyl (C=O) groups excluding carboxylic acids is 1. The fourth-order valence-corrected chi connectivity index (χ4v) is 2.56. The molecule has 0 aliphatic carbocycles. The molecule has 0 aliphatic heterocycles. The van der Waals surface area contributed by atoms with Gasteiger partial charge in [-0.25, -0.2) is 4.68 Å². The van der Waals surface area contributed by atoms with Crippen molar-refractivity contribution in [3.05, 3.63) is 88.3 Å². The molecule has 0 unspecified atom stereocenters. The predicted molar refractivity (Wildman–Crippen MR) is 103 cm³/mol. The molecule has 0 bridgehead atoms. The number of aromatic nitrogens is 2. The van der Waals surface area contributed by atoms with Crippen molar-refractivity contribution < 1.29 is 9.53 Å². The zero-order valence-electron chi connectivity index (χ0n) is 15.1. The number of amides is 1. The van der Waals surface area contributed by atoms with Gasteiger partial charge in [-0.3, -0.25) is 9.59 Å². The lowest BCUT2D eigenvalue weighted by Crippen LogP contribution is -2.29. The van der Waals surface area contributed by atoms with Gasteiger partial charge in [-0.15, -0.1) is 0 Å². The first kappa shape index (κ1) is 18.4. The molecular formula is C21H21N3O3. The van der Waals surface area contributed by atoms with Crippen LogP contribution in [-0.2, 0) is 13.1 Å². The Balaban J connectivity index is 1.64. The van der Waals surface area contributed by atoms with Crippen LogP contribution in [0.15, 0.2) is 71.5 Å². The molecule has 3 aromatic rings. The third-order valence-corrected chi connectivity index (χ3v) is 3.87. The highest BCUT2D eigenvalue weighted by atomic mass is 16.5. The molecule has 6 heteroatoms. The minimum atomic E-state index is -0.325. The number of hydrogen-bond acceptors (Lipinski definition) is 4. The quantitative estimate of drug-likeness (QED) is 0.698. The highest BCUT2D eigenvalue weighted by Gasteiger charge is 2.09. The Labute approximate surface area is 157 Å². The summed E-state index contributed by atoms with van der Waals surface area (Å²) in [6, 6.07) is 19.8. The van der Waals surface area contributed by atoms with Crippen molar-refractivity contribution >= 4 is 5.91 Å². The maximum Gasteiger partial charge on any atom is 0.271 e. The van der Waals surface area contributed by atoms with E-state index in [0.717, 1.165) is 17.7 Å². The van der Waals surface area contributed by atoms with Gasteiger partial charge in [0.2, 0.25) is 0 Å². The molecule has 3 rings (SSSR count). The van der Waals surface area contributed by atoms with Crippen LogP contribution in [0.25, 0.3) is 0 Å². The van der Waals surface area contributed by atoms with Gasteiger partial charge in [0.25, 0.3) is 11.5 Å². The van der Waals surface area contributed by atoms with Crippen LogP contribution < -0.4 is 15.6 Å². The van der Waals surface area contributed by atoms with E-state index in [2.05, 4.69) is 10.4 Å². The number of rotatable bonds is 7. The molecule has 0 saturated heterocycles. The number of ether oxygens (including phenoxy) is 1. The van der Waals surface area contributed by atoms with E-state index >= 15 is 0 Å². The SMILES string of the molecule is CCCn1nc(C(=O)NCc2cccc(Oc3ccccc3)c2)ccc1=O. The van der Waals surface area contributed by atoms with Gasteiger partial charge in [0.1, 0.15) is 17.2 Å². The number of nitrogens with zero attached hydrogens (tertiary/aromatic N) is 2. The maximum atomic E-state index is 12.3. The molecule has 0 spiro atoms. The Hall–Kier alpha value is -3.41. The molecule has 1 aromatic heterocycles. The minimum absolute atomic E-state index is 0.209. The smallest absolute Gasteiger partial charge is 0.271 e. The summed E-state index contributed by atoms with van der Waals surface area (Å²) >= 11 is 0. The Morgan fingerprint density at radius 3 is 2.59 bits per heavy atom. The summed E-state index contributed by atoms with van der Waals surface area (Å²) in [4.78, 5) is 24.0. The zero-order valence-corrected chi connectivity index (χ0v) is 15.1. The van der Waals surface area contributed by atoms with Crippen LogP contribution in [0, 0.1) is 0 Å². The first-order valence-corrected chi connectivity index (χ1v) is 8.84. The highest BCUT2D eigenvalue weighted by molar-refractivity contribution is 5.91. The first-order valence-electron chi connectivity index (χ1n) is 8.84. The van der Waals surface area contributed by atoms with Gasteiger partial charge in [-0.2, -0.15) is 5.10 Å². The summed E-state index contributed by atoms with van der Waals surface area (Å²) < 4.78 is 7.11. The van der Waals surface area contributed by atoms with Gasteiger partial charge in [0.15, 0.2) is 0 Å². The molecule has 6 nitrogen and oxygen atoms in total. The van der Waals surface area contributed by atoms with E-state index in [4.69, 9.17) is 4.74 Å².